The Kier molecular flexibility index (Phi) is 7.53. The number of hydrogen-bond donors (Lipinski definition) is 1. The third kappa shape index (κ3) is 5.45. The Morgan fingerprint density at radius 1 is 0.811 bits per heavy atom. The summed E-state index contributed by atoms with van der Waals surface area (Å²) in [5.41, 5.74) is 1.45. The van der Waals surface area contributed by atoms with Gasteiger partial charge in [0.25, 0.3) is 11.7 Å². The van der Waals surface area contributed by atoms with E-state index in [9.17, 15) is 14.7 Å². The van der Waals surface area contributed by atoms with Gasteiger partial charge in [0.2, 0.25) is 0 Å². The normalized spacial score (nSPS) is 16.9. The van der Waals surface area contributed by atoms with Gasteiger partial charge in [-0.2, -0.15) is 0 Å². The van der Waals surface area contributed by atoms with Crippen molar-refractivity contribution >= 4 is 23.1 Å². The molecular formula is C30H31NO6. The molecule has 7 nitrogen and oxygen atoms in total. The Morgan fingerprint density at radius 3 is 2.05 bits per heavy atom. The van der Waals surface area contributed by atoms with Gasteiger partial charge in [0, 0.05) is 17.3 Å². The molecule has 1 aliphatic heterocycles. The van der Waals surface area contributed by atoms with Crippen LogP contribution in [0.15, 0.2) is 78.4 Å². The molecule has 0 bridgehead atoms. The Hall–Kier alpha value is -4.26. The molecule has 1 aliphatic rings. The van der Waals surface area contributed by atoms with Crippen LogP contribution in [-0.4, -0.2) is 36.1 Å². The SMILES string of the molecule is COc1cccc(N2C(=O)C(=O)/C(=C(/O)c3cccc(OC(C)C)c3)C2c2cccc(OC(C)C)c2)c1. The first-order valence-electron chi connectivity index (χ1n) is 12.2. The summed E-state index contributed by atoms with van der Waals surface area (Å²) in [4.78, 5) is 28.3. The van der Waals surface area contributed by atoms with E-state index in [1.165, 1.54) is 12.0 Å². The maximum atomic E-state index is 13.5. The molecule has 1 unspecified atom stereocenters. The largest absolute Gasteiger partial charge is 0.507 e. The van der Waals surface area contributed by atoms with Gasteiger partial charge < -0.3 is 19.3 Å². The second kappa shape index (κ2) is 10.8. The fourth-order valence-electron chi connectivity index (χ4n) is 4.35. The van der Waals surface area contributed by atoms with Crippen LogP contribution in [0.3, 0.4) is 0 Å². The molecule has 1 heterocycles. The van der Waals surface area contributed by atoms with Crippen LogP contribution in [0, 0.1) is 0 Å². The van der Waals surface area contributed by atoms with E-state index in [1.807, 2.05) is 39.8 Å². The number of rotatable bonds is 8. The predicted molar refractivity (Wildman–Crippen MR) is 142 cm³/mol. The van der Waals surface area contributed by atoms with Crippen LogP contribution in [0.4, 0.5) is 5.69 Å². The molecule has 0 radical (unpaired) electrons. The van der Waals surface area contributed by atoms with Crippen LogP contribution >= 0.6 is 0 Å². The topological polar surface area (TPSA) is 85.3 Å². The molecule has 1 amide bonds. The van der Waals surface area contributed by atoms with E-state index in [2.05, 4.69) is 0 Å². The van der Waals surface area contributed by atoms with Gasteiger partial charge in [-0.3, -0.25) is 14.5 Å². The minimum atomic E-state index is -0.891. The predicted octanol–water partition coefficient (Wildman–Crippen LogP) is 5.90. The summed E-state index contributed by atoms with van der Waals surface area (Å²) in [7, 11) is 1.53. The first kappa shape index (κ1) is 25.8. The van der Waals surface area contributed by atoms with E-state index in [0.29, 0.717) is 34.1 Å². The van der Waals surface area contributed by atoms with E-state index in [-0.39, 0.29) is 23.5 Å². The minimum absolute atomic E-state index is 0.0174. The molecule has 7 heteroatoms. The van der Waals surface area contributed by atoms with E-state index in [0.717, 1.165) is 0 Å². The molecule has 37 heavy (non-hydrogen) atoms. The number of aliphatic hydroxyl groups excluding tert-OH is 1. The number of anilines is 1. The Balaban J connectivity index is 1.91. The maximum Gasteiger partial charge on any atom is 0.300 e. The average molecular weight is 502 g/mol. The average Bonchev–Trinajstić information content (AvgIpc) is 3.13. The standard InChI is InChI=1S/C30H31NO6/c1-18(2)36-24-13-6-9-20(15-24)27-26(28(32)21-10-7-14-25(16-21)37-19(3)4)29(33)30(34)31(27)22-11-8-12-23(17-22)35-5/h6-19,27,32H,1-5H3/b28-26+. The molecule has 3 aromatic carbocycles. The third-order valence-corrected chi connectivity index (χ3v) is 5.80. The Morgan fingerprint density at radius 2 is 1.41 bits per heavy atom. The smallest absolute Gasteiger partial charge is 0.300 e. The van der Waals surface area contributed by atoms with Gasteiger partial charge in [0.15, 0.2) is 0 Å². The Labute approximate surface area is 216 Å². The summed E-state index contributed by atoms with van der Waals surface area (Å²) in [6, 6.07) is 20.1. The number of amides is 1. The molecule has 0 aromatic heterocycles. The fourth-order valence-corrected chi connectivity index (χ4v) is 4.35. The van der Waals surface area contributed by atoms with Gasteiger partial charge in [-0.05, 0) is 69.7 Å². The molecule has 1 N–H and O–H groups in total. The maximum absolute atomic E-state index is 13.5. The van der Waals surface area contributed by atoms with E-state index in [1.54, 1.807) is 60.7 Å². The number of ether oxygens (including phenoxy) is 3. The van der Waals surface area contributed by atoms with Gasteiger partial charge in [-0.15, -0.1) is 0 Å². The van der Waals surface area contributed by atoms with Crippen molar-refractivity contribution in [1.29, 1.82) is 0 Å². The number of nitrogens with zero attached hydrogens (tertiary/aromatic N) is 1. The van der Waals surface area contributed by atoms with Gasteiger partial charge in [0.1, 0.15) is 23.0 Å². The molecule has 1 saturated heterocycles. The summed E-state index contributed by atoms with van der Waals surface area (Å²) in [5.74, 6) is -0.132. The van der Waals surface area contributed by atoms with E-state index < -0.39 is 17.7 Å². The second-order valence-electron chi connectivity index (χ2n) is 9.30. The van der Waals surface area contributed by atoms with Crippen molar-refractivity contribution in [2.75, 3.05) is 12.0 Å². The molecule has 1 atom stereocenters. The number of methoxy groups -OCH3 is 1. The van der Waals surface area contributed by atoms with Crippen molar-refractivity contribution in [3.8, 4) is 17.2 Å². The zero-order valence-electron chi connectivity index (χ0n) is 21.6. The summed E-state index contributed by atoms with van der Waals surface area (Å²) in [5, 5.41) is 11.4. The highest BCUT2D eigenvalue weighted by atomic mass is 16.5. The summed E-state index contributed by atoms with van der Waals surface area (Å²) >= 11 is 0. The van der Waals surface area contributed by atoms with E-state index in [4.69, 9.17) is 14.2 Å². The quantitative estimate of drug-likeness (QED) is 0.235. The first-order chi connectivity index (χ1) is 17.7. The number of carbonyl (C=O) groups excluding carboxylic acids is 2. The highest BCUT2D eigenvalue weighted by Crippen LogP contribution is 2.43. The highest BCUT2D eigenvalue weighted by molar-refractivity contribution is 6.51. The number of Topliss-reactive ketones (excluding diaryl/α,β-unsaturated/α-hetero) is 1. The molecule has 0 aliphatic carbocycles. The number of ketones is 1. The van der Waals surface area contributed by atoms with Crippen LogP contribution < -0.4 is 19.1 Å². The van der Waals surface area contributed by atoms with Crippen LogP contribution in [0.25, 0.3) is 5.76 Å². The van der Waals surface area contributed by atoms with Crippen molar-refractivity contribution in [2.24, 2.45) is 0 Å². The van der Waals surface area contributed by atoms with Crippen LogP contribution in [0.5, 0.6) is 17.2 Å². The third-order valence-electron chi connectivity index (χ3n) is 5.80. The van der Waals surface area contributed by atoms with Crippen LogP contribution in [-0.2, 0) is 9.59 Å². The molecule has 3 aromatic rings. The Bertz CT molecular complexity index is 1340. The van der Waals surface area contributed by atoms with Gasteiger partial charge >= 0.3 is 0 Å². The summed E-state index contributed by atoms with van der Waals surface area (Å²) in [6.07, 6.45) is -0.136. The lowest BCUT2D eigenvalue weighted by molar-refractivity contribution is -0.132. The summed E-state index contributed by atoms with van der Waals surface area (Å²) in [6.45, 7) is 7.64. The lowest BCUT2D eigenvalue weighted by Crippen LogP contribution is -2.29. The van der Waals surface area contributed by atoms with Crippen molar-refractivity contribution < 1.29 is 28.9 Å². The zero-order valence-corrected chi connectivity index (χ0v) is 21.6. The minimum Gasteiger partial charge on any atom is -0.507 e. The van der Waals surface area contributed by atoms with E-state index >= 15 is 0 Å². The van der Waals surface area contributed by atoms with Gasteiger partial charge in [-0.25, -0.2) is 0 Å². The molecule has 4 rings (SSSR count). The summed E-state index contributed by atoms with van der Waals surface area (Å²) < 4.78 is 17.0. The highest BCUT2D eigenvalue weighted by Gasteiger charge is 2.47. The second-order valence-corrected chi connectivity index (χ2v) is 9.30. The fraction of sp³-hybridized carbons (Fsp3) is 0.267. The van der Waals surface area contributed by atoms with Crippen molar-refractivity contribution in [2.45, 2.75) is 45.9 Å². The molecular weight excluding hydrogens is 470 g/mol. The van der Waals surface area contributed by atoms with Crippen molar-refractivity contribution in [3.05, 3.63) is 89.5 Å². The van der Waals surface area contributed by atoms with Crippen LogP contribution in [0.1, 0.15) is 44.9 Å². The lowest BCUT2D eigenvalue weighted by Gasteiger charge is -2.26. The molecule has 0 saturated carbocycles. The number of hydrogen-bond acceptors (Lipinski definition) is 6. The van der Waals surface area contributed by atoms with Crippen molar-refractivity contribution in [1.82, 2.24) is 0 Å². The van der Waals surface area contributed by atoms with Gasteiger partial charge in [0.05, 0.1) is 30.9 Å². The number of benzene rings is 3. The van der Waals surface area contributed by atoms with Crippen LogP contribution in [0.2, 0.25) is 0 Å². The molecule has 192 valence electrons. The lowest BCUT2D eigenvalue weighted by atomic mass is 9.95. The number of aliphatic hydroxyl groups is 1. The monoisotopic (exact) mass is 501 g/mol. The molecule has 0 spiro atoms. The molecule has 1 fully saturated rings. The van der Waals surface area contributed by atoms with Gasteiger partial charge in [-0.1, -0.05) is 30.3 Å². The van der Waals surface area contributed by atoms with Crippen molar-refractivity contribution in [3.63, 3.8) is 0 Å². The zero-order chi connectivity index (χ0) is 26.7. The first-order valence-corrected chi connectivity index (χ1v) is 12.2. The number of carbonyl (C=O) groups is 2.